The predicted octanol–water partition coefficient (Wildman–Crippen LogP) is -10.6. The van der Waals surface area contributed by atoms with E-state index in [0.717, 1.165) is 0 Å². The summed E-state index contributed by atoms with van der Waals surface area (Å²) in [5, 5.41) is 9.59. The van der Waals surface area contributed by atoms with Gasteiger partial charge >= 0.3 is 6.01 Å². The Morgan fingerprint density at radius 2 is 0.886 bits per heavy atom. The van der Waals surface area contributed by atoms with Crippen molar-refractivity contribution in [1.82, 2.24) is 10.2 Å². The van der Waals surface area contributed by atoms with Crippen LogP contribution in [0.25, 0.3) is 0 Å². The van der Waals surface area contributed by atoms with E-state index in [-0.39, 0.29) is 0 Å². The molecule has 30 radical (unpaired) electrons. The van der Waals surface area contributed by atoms with Crippen LogP contribution >= 0.6 is 0 Å². The van der Waals surface area contributed by atoms with Crippen LogP contribution in [-0.2, 0) is 0 Å². The number of hydrogen-bond donors (Lipinski definition) is 1. The molecule has 1 aromatic heterocycles. The van der Waals surface area contributed by atoms with Gasteiger partial charge in [0.05, 0.1) is 0 Å². The molecule has 0 fully saturated rings. The molecule has 4 nitrogen and oxygen atoms in total. The molecule has 0 spiro atoms. The van der Waals surface area contributed by atoms with Gasteiger partial charge in [-0.25, -0.2) is 0 Å². The summed E-state index contributed by atoms with van der Waals surface area (Å²) in [6.07, 6.45) is -11.0. The van der Waals surface area contributed by atoms with Crippen molar-refractivity contribution in [3.05, 3.63) is 6.39 Å². The van der Waals surface area contributed by atoms with Gasteiger partial charge < -0.3 is 9.73 Å². The first-order valence-electron chi connectivity index (χ1n) is 10.9. The fourth-order valence-electron chi connectivity index (χ4n) is 4.39. The Morgan fingerprint density at radius 3 is 1.09 bits per heavy atom. The maximum Gasteiger partial charge on any atom is 0.314 e. The Morgan fingerprint density at radius 1 is 0.543 bits per heavy atom. The molecule has 0 aliphatic rings. The Hall–Kier alpha value is 0.758. The lowest BCUT2D eigenvalue weighted by molar-refractivity contribution is 0.569. The van der Waals surface area contributed by atoms with Gasteiger partial charge in [-0.1, -0.05) is 5.10 Å². The van der Waals surface area contributed by atoms with E-state index in [1.165, 1.54) is 6.39 Å². The highest BCUT2D eigenvalue weighted by molar-refractivity contribution is 8.26. The van der Waals surface area contributed by atoms with Gasteiger partial charge in [-0.3, -0.25) is 0 Å². The number of nitrogens with zero attached hydrogens (tertiary/aromatic N) is 2. The SMILES string of the molecule is CNc1nnco1.[B]B([B])B([B])B(B(B([B])[B])B([B])[B])B(B(B([B])[B])B([B])[B])B(B([B])[B])B([B])[B]. The Balaban J connectivity index is 0.00000140. The lowest BCUT2D eigenvalue weighted by Gasteiger charge is -2.49. The molecule has 0 saturated heterocycles. The maximum atomic E-state index is 6.32. The molecule has 1 rings (SSSR count). The summed E-state index contributed by atoms with van der Waals surface area (Å²) in [7, 11) is 91.3. The molecule has 32 heteroatoms. The van der Waals surface area contributed by atoms with Crippen molar-refractivity contribution in [2.75, 3.05) is 12.4 Å². The minimum Gasteiger partial charge on any atom is -0.411 e. The second kappa shape index (κ2) is 17.4. The molecule has 0 bridgehead atoms. The van der Waals surface area contributed by atoms with Crippen LogP contribution in [0.4, 0.5) is 6.01 Å². The van der Waals surface area contributed by atoms with Gasteiger partial charge in [0.2, 0.25) is 6.39 Å². The Kier molecular flexibility index (Phi) is 17.7. The van der Waals surface area contributed by atoms with Crippen LogP contribution in [0.1, 0.15) is 0 Å². The predicted molar refractivity (Wildman–Crippen MR) is 185 cm³/mol. The Bertz CT molecular complexity index is 604. The normalized spacial score (nSPS) is 9.29. The van der Waals surface area contributed by atoms with Gasteiger partial charge in [0.1, 0.15) is 0 Å². The standard InChI is InChI=1S/C3H5N3O.B28/c1-4-3-6-5-2-7-3;1-16(2)23(15)27(24(17(3)4)18(5)6)28(25(19(7)8)20(9)10)26(21(11)12)22(13)14/h2H,1H3,(H,4,6);. The van der Waals surface area contributed by atoms with Crippen molar-refractivity contribution in [3.8, 4) is 0 Å². The molecule has 35 heavy (non-hydrogen) atoms. The third-order valence-corrected chi connectivity index (χ3v) is 5.91. The number of nitrogens with one attached hydrogen (secondary N) is 1. The second-order valence-electron chi connectivity index (χ2n) is 8.50. The average Bonchev–Trinajstić information content (AvgIpc) is 3.23. The molecule has 0 aromatic carbocycles. The van der Waals surface area contributed by atoms with E-state index < -0.39 is 83.0 Å². The molecule has 0 atom stereocenters. The van der Waals surface area contributed by atoms with Gasteiger partial charge in [0, 0.05) is 206 Å². The van der Waals surface area contributed by atoms with Crippen LogP contribution < -0.4 is 5.32 Å². The molecule has 0 aliphatic heterocycles. The van der Waals surface area contributed by atoms with Gasteiger partial charge in [0.15, 0.2) is 0 Å². The smallest absolute Gasteiger partial charge is 0.314 e. The van der Waals surface area contributed by atoms with Crippen LogP contribution in [0, 0.1) is 0 Å². The maximum absolute atomic E-state index is 6.32. The molecule has 1 aromatic rings. The van der Waals surface area contributed by atoms with Crippen LogP contribution in [0.15, 0.2) is 10.8 Å². The van der Waals surface area contributed by atoms with E-state index >= 15 is 0 Å². The van der Waals surface area contributed by atoms with E-state index in [0.29, 0.717) is 6.01 Å². The topological polar surface area (TPSA) is 51.0 Å². The van der Waals surface area contributed by atoms with E-state index in [2.05, 4.69) is 19.9 Å². The highest BCUT2D eigenvalue weighted by Crippen LogP contribution is 2.12. The molecule has 1 N–H and O–H groups in total. The highest BCUT2D eigenvalue weighted by atomic mass is 16.4. The molecule has 0 aliphatic carbocycles. The zero-order valence-corrected chi connectivity index (χ0v) is 20.0. The number of aromatic nitrogens is 2. The lowest BCUT2D eigenvalue weighted by atomic mass is 8.32. The molecule has 1 heterocycles. The summed E-state index contributed by atoms with van der Waals surface area (Å²) in [4.78, 5) is 0. The minimum absolute atomic E-state index is 0.444. The van der Waals surface area contributed by atoms with E-state index in [4.69, 9.17) is 116 Å². The van der Waals surface area contributed by atoms with Crippen molar-refractivity contribution in [3.63, 3.8) is 0 Å². The van der Waals surface area contributed by atoms with Crippen molar-refractivity contribution in [2.45, 2.75) is 0 Å². The number of rotatable bonds is 13. The van der Waals surface area contributed by atoms with Gasteiger partial charge in [-0.15, -0.1) is 5.10 Å². The third-order valence-electron chi connectivity index (χ3n) is 5.91. The second-order valence-corrected chi connectivity index (χ2v) is 8.50. The quantitative estimate of drug-likeness (QED) is 0.334. The molecule has 0 unspecified atom stereocenters. The summed E-state index contributed by atoms with van der Waals surface area (Å²) in [5.74, 6) is 0. The van der Waals surface area contributed by atoms with E-state index in [9.17, 15) is 0 Å². The average molecular weight is 402 g/mol. The zero-order chi connectivity index (χ0) is 27.6. The van der Waals surface area contributed by atoms with Crippen molar-refractivity contribution >= 4 is 205 Å². The lowest BCUT2D eigenvalue weighted by Crippen LogP contribution is -2.87. The summed E-state index contributed by atoms with van der Waals surface area (Å²) in [5.41, 5.74) is 0. The monoisotopic (exact) mass is 407 g/mol. The van der Waals surface area contributed by atoms with E-state index in [1.54, 1.807) is 7.05 Å². The van der Waals surface area contributed by atoms with Crippen LogP contribution in [-0.4, -0.2) is 216 Å². The first kappa shape index (κ1) is 35.8. The van der Waals surface area contributed by atoms with Gasteiger partial charge in [-0.05, 0) is 0 Å². The Labute approximate surface area is 237 Å². The fourth-order valence-corrected chi connectivity index (χ4v) is 4.39. The van der Waals surface area contributed by atoms with Gasteiger partial charge in [-0.2, -0.15) is 0 Å². The van der Waals surface area contributed by atoms with Crippen LogP contribution in [0.5, 0.6) is 0 Å². The van der Waals surface area contributed by atoms with E-state index in [1.807, 2.05) is 0 Å². The summed E-state index contributed by atoms with van der Waals surface area (Å²) in [6, 6.07) is 0.444. The first-order valence-corrected chi connectivity index (χ1v) is 10.9. The minimum atomic E-state index is -1.03. The molecular weight excluding hydrogens is 397 g/mol. The van der Waals surface area contributed by atoms with Crippen LogP contribution in [0.3, 0.4) is 0 Å². The summed E-state index contributed by atoms with van der Waals surface area (Å²) < 4.78 is 4.65. The van der Waals surface area contributed by atoms with Crippen molar-refractivity contribution in [1.29, 1.82) is 0 Å². The third kappa shape index (κ3) is 11.2. The van der Waals surface area contributed by atoms with Crippen LogP contribution in [0.2, 0.25) is 0 Å². The molecule has 0 saturated carbocycles. The molecule has 0 amide bonds. The highest BCUT2D eigenvalue weighted by Gasteiger charge is 2.50. The zero-order valence-electron chi connectivity index (χ0n) is 20.0. The summed E-state index contributed by atoms with van der Waals surface area (Å²) in [6.45, 7) is 0. The summed E-state index contributed by atoms with van der Waals surface area (Å²) >= 11 is 0. The molecule has 122 valence electrons. The number of anilines is 1. The van der Waals surface area contributed by atoms with Gasteiger partial charge in [0.25, 0.3) is 0 Å². The first-order chi connectivity index (χ1) is 16.1. The largest absolute Gasteiger partial charge is 0.411 e. The fraction of sp³-hybridized carbons (Fsp3) is 0.333. The van der Waals surface area contributed by atoms with Crippen molar-refractivity contribution in [2.24, 2.45) is 0 Å². The number of hydrogen-bond acceptors (Lipinski definition) is 4. The molecular formula is C3H5B28N3O. The van der Waals surface area contributed by atoms with Crippen molar-refractivity contribution < 1.29 is 4.42 Å².